The van der Waals surface area contributed by atoms with E-state index in [1.807, 2.05) is 0 Å². The number of benzene rings is 2. The van der Waals surface area contributed by atoms with E-state index in [-0.39, 0.29) is 23.0 Å². The molecular weight excluding hydrogens is 465 g/mol. The van der Waals surface area contributed by atoms with Crippen molar-refractivity contribution in [3.63, 3.8) is 0 Å². The third kappa shape index (κ3) is 4.31. The monoisotopic (exact) mass is 483 g/mol. The summed E-state index contributed by atoms with van der Waals surface area (Å²) in [5.74, 6) is 0.593. The molecule has 4 aromatic rings. The Morgan fingerprint density at radius 2 is 2.00 bits per heavy atom. The maximum atomic E-state index is 13.7. The highest BCUT2D eigenvalue weighted by atomic mass is 32.2. The minimum Gasteiger partial charge on any atom is -0.486 e. The van der Waals surface area contributed by atoms with Crippen LogP contribution in [0.25, 0.3) is 15.9 Å². The van der Waals surface area contributed by atoms with Crippen molar-refractivity contribution in [2.75, 3.05) is 24.3 Å². The summed E-state index contributed by atoms with van der Waals surface area (Å²) in [6.07, 6.45) is 0. The topological polar surface area (TPSA) is 82.5 Å². The lowest BCUT2D eigenvalue weighted by molar-refractivity contribution is -0.113. The second-order valence-corrected chi connectivity index (χ2v) is 9.15. The molecule has 7 nitrogen and oxygen atoms in total. The summed E-state index contributed by atoms with van der Waals surface area (Å²) >= 11 is 2.44. The number of fused-ring (bicyclic) bond motifs is 2. The minimum absolute atomic E-state index is 0.0246. The van der Waals surface area contributed by atoms with Crippen molar-refractivity contribution >= 4 is 44.9 Å². The Kier molecular flexibility index (Phi) is 5.77. The number of aromatic nitrogens is 2. The van der Waals surface area contributed by atoms with Crippen LogP contribution in [-0.2, 0) is 4.79 Å². The van der Waals surface area contributed by atoms with Crippen molar-refractivity contribution in [2.24, 2.45) is 0 Å². The van der Waals surface area contributed by atoms with Gasteiger partial charge in [-0.15, -0.1) is 11.3 Å². The number of thioether (sulfide) groups is 1. The Hall–Kier alpha value is -3.37. The number of ether oxygens (including phenoxy) is 2. The van der Waals surface area contributed by atoms with Crippen molar-refractivity contribution < 1.29 is 18.7 Å². The Morgan fingerprint density at radius 1 is 1.18 bits per heavy atom. The second kappa shape index (κ2) is 8.87. The number of halogens is 1. The summed E-state index contributed by atoms with van der Waals surface area (Å²) in [5.41, 5.74) is 2.02. The molecule has 0 saturated carbocycles. The van der Waals surface area contributed by atoms with Gasteiger partial charge in [-0.2, -0.15) is 0 Å². The van der Waals surface area contributed by atoms with Crippen LogP contribution in [0.15, 0.2) is 57.8 Å². The highest BCUT2D eigenvalue weighted by molar-refractivity contribution is 7.99. The number of nitrogens with one attached hydrogen (secondary N) is 1. The molecule has 0 unspecified atom stereocenters. The first-order valence-corrected chi connectivity index (χ1v) is 12.0. The summed E-state index contributed by atoms with van der Waals surface area (Å²) in [4.78, 5) is 30.5. The molecule has 1 N–H and O–H groups in total. The number of hydrogen-bond donors (Lipinski definition) is 1. The van der Waals surface area contributed by atoms with Crippen molar-refractivity contribution in [3.8, 4) is 17.2 Å². The highest BCUT2D eigenvalue weighted by Crippen LogP contribution is 2.33. The normalized spacial score (nSPS) is 12.7. The average Bonchev–Trinajstić information content (AvgIpc) is 3.27. The molecule has 1 amide bonds. The molecule has 3 heterocycles. The van der Waals surface area contributed by atoms with Crippen molar-refractivity contribution in [1.29, 1.82) is 0 Å². The largest absolute Gasteiger partial charge is 0.486 e. The maximum Gasteiger partial charge on any atom is 0.276 e. The molecule has 0 aliphatic carbocycles. The van der Waals surface area contributed by atoms with E-state index in [4.69, 9.17) is 9.47 Å². The molecule has 0 atom stereocenters. The Morgan fingerprint density at radius 3 is 2.82 bits per heavy atom. The molecule has 0 saturated heterocycles. The molecule has 33 heavy (non-hydrogen) atoms. The predicted octanol–water partition coefficient (Wildman–Crippen LogP) is 4.40. The van der Waals surface area contributed by atoms with Gasteiger partial charge in [-0.3, -0.25) is 14.2 Å². The third-order valence-electron chi connectivity index (χ3n) is 5.01. The van der Waals surface area contributed by atoms with Crippen LogP contribution in [0.4, 0.5) is 10.1 Å². The van der Waals surface area contributed by atoms with Gasteiger partial charge in [0.05, 0.1) is 17.0 Å². The van der Waals surface area contributed by atoms with Crippen molar-refractivity contribution in [2.45, 2.75) is 12.1 Å². The molecule has 1 aliphatic heterocycles. The molecule has 5 rings (SSSR count). The van der Waals surface area contributed by atoms with E-state index in [0.29, 0.717) is 57.0 Å². The summed E-state index contributed by atoms with van der Waals surface area (Å²) in [5, 5.41) is 4.98. The van der Waals surface area contributed by atoms with Crippen LogP contribution in [0.3, 0.4) is 0 Å². The number of nitrogens with zero attached hydrogens (tertiary/aromatic N) is 2. The highest BCUT2D eigenvalue weighted by Gasteiger charge is 2.18. The fourth-order valence-electron chi connectivity index (χ4n) is 3.52. The van der Waals surface area contributed by atoms with Gasteiger partial charge < -0.3 is 14.8 Å². The number of carbonyl (C=O) groups excluding carboxylic acids is 1. The van der Waals surface area contributed by atoms with Gasteiger partial charge >= 0.3 is 0 Å². The molecule has 0 spiro atoms. The van der Waals surface area contributed by atoms with Gasteiger partial charge in [-0.05, 0) is 54.3 Å². The first-order chi connectivity index (χ1) is 16.0. The molecule has 10 heteroatoms. The maximum absolute atomic E-state index is 13.7. The quantitative estimate of drug-likeness (QED) is 0.335. The molecule has 1 aliphatic rings. The van der Waals surface area contributed by atoms with E-state index < -0.39 is 0 Å². The van der Waals surface area contributed by atoms with Crippen LogP contribution in [0.2, 0.25) is 0 Å². The molecular formula is C23H18FN3O4S2. The molecule has 0 fully saturated rings. The summed E-state index contributed by atoms with van der Waals surface area (Å²) in [7, 11) is 0. The van der Waals surface area contributed by atoms with Crippen LogP contribution in [-0.4, -0.2) is 34.4 Å². The number of rotatable bonds is 5. The SMILES string of the molecule is Cc1cc(F)ccc1-n1c(SCC(=O)Nc2ccc3c(c2)OCCO3)nc2ccsc2c1=O. The Labute approximate surface area is 196 Å². The van der Waals surface area contributed by atoms with Crippen molar-refractivity contribution in [1.82, 2.24) is 9.55 Å². The molecule has 0 radical (unpaired) electrons. The smallest absolute Gasteiger partial charge is 0.276 e. The lowest BCUT2D eigenvalue weighted by Crippen LogP contribution is -2.23. The van der Waals surface area contributed by atoms with Gasteiger partial charge in [0.15, 0.2) is 16.7 Å². The standard InChI is InChI=1S/C23H18FN3O4S2/c1-13-10-14(24)2-4-17(13)27-22(29)21-16(6-9-32-21)26-23(27)33-12-20(28)25-15-3-5-18-19(11-15)31-8-7-30-18/h2-6,9-11H,7-8,12H2,1H3,(H,25,28). The minimum atomic E-state index is -0.387. The van der Waals surface area contributed by atoms with Crippen LogP contribution < -0.4 is 20.3 Å². The van der Waals surface area contributed by atoms with E-state index in [1.54, 1.807) is 42.6 Å². The first-order valence-electron chi connectivity index (χ1n) is 10.1. The summed E-state index contributed by atoms with van der Waals surface area (Å²) < 4.78 is 26.6. The predicted molar refractivity (Wildman–Crippen MR) is 127 cm³/mol. The van der Waals surface area contributed by atoms with Crippen LogP contribution >= 0.6 is 23.1 Å². The summed E-state index contributed by atoms with van der Waals surface area (Å²) in [6, 6.07) is 11.2. The average molecular weight is 484 g/mol. The molecule has 2 aromatic carbocycles. The molecule has 2 aromatic heterocycles. The van der Waals surface area contributed by atoms with Crippen LogP contribution in [0.5, 0.6) is 11.5 Å². The number of hydrogen-bond acceptors (Lipinski definition) is 7. The van der Waals surface area contributed by atoms with E-state index in [2.05, 4.69) is 10.3 Å². The first kappa shape index (κ1) is 21.5. The second-order valence-electron chi connectivity index (χ2n) is 7.30. The van der Waals surface area contributed by atoms with Crippen LogP contribution in [0.1, 0.15) is 5.56 Å². The number of anilines is 1. The molecule has 0 bridgehead atoms. The van der Waals surface area contributed by atoms with E-state index in [0.717, 1.165) is 11.8 Å². The fraction of sp³-hybridized carbons (Fsp3) is 0.174. The van der Waals surface area contributed by atoms with Gasteiger partial charge in [0.2, 0.25) is 5.91 Å². The van der Waals surface area contributed by atoms with Gasteiger partial charge in [0.25, 0.3) is 5.56 Å². The number of aryl methyl sites for hydroxylation is 1. The number of thiophene rings is 1. The number of carbonyl (C=O) groups is 1. The Bertz CT molecular complexity index is 1430. The lowest BCUT2D eigenvalue weighted by Gasteiger charge is -2.19. The number of amides is 1. The fourth-order valence-corrected chi connectivity index (χ4v) is 5.08. The van der Waals surface area contributed by atoms with Gasteiger partial charge in [-0.25, -0.2) is 9.37 Å². The molecule has 168 valence electrons. The van der Waals surface area contributed by atoms with E-state index in [9.17, 15) is 14.0 Å². The third-order valence-corrected chi connectivity index (χ3v) is 6.84. The van der Waals surface area contributed by atoms with Gasteiger partial charge in [-0.1, -0.05) is 11.8 Å². The zero-order chi connectivity index (χ0) is 22.9. The summed E-state index contributed by atoms with van der Waals surface area (Å²) in [6.45, 7) is 2.68. The van der Waals surface area contributed by atoms with Crippen molar-refractivity contribution in [3.05, 3.63) is 69.6 Å². The Balaban J connectivity index is 1.41. The van der Waals surface area contributed by atoms with E-state index >= 15 is 0 Å². The van der Waals surface area contributed by atoms with Gasteiger partial charge in [0, 0.05) is 11.8 Å². The lowest BCUT2D eigenvalue weighted by atomic mass is 10.2. The van der Waals surface area contributed by atoms with Crippen LogP contribution in [0, 0.1) is 12.7 Å². The van der Waals surface area contributed by atoms with Gasteiger partial charge in [0.1, 0.15) is 23.7 Å². The van der Waals surface area contributed by atoms with E-state index in [1.165, 1.54) is 28.0 Å². The zero-order valence-corrected chi connectivity index (χ0v) is 19.1. The zero-order valence-electron chi connectivity index (χ0n) is 17.5.